The van der Waals surface area contributed by atoms with Gasteiger partial charge in [0, 0.05) is 19.0 Å². The number of carbonyl (C=O) groups excluding carboxylic acids is 1. The van der Waals surface area contributed by atoms with Crippen LogP contribution < -0.4 is 10.2 Å². The lowest BCUT2D eigenvalue weighted by Crippen LogP contribution is -2.35. The minimum absolute atomic E-state index is 0.135. The van der Waals surface area contributed by atoms with Gasteiger partial charge < -0.3 is 10.2 Å². The molecule has 0 aliphatic rings. The molecule has 5 nitrogen and oxygen atoms in total. The molecule has 1 amide bonds. The molecule has 0 atom stereocenters. The number of hydrogen-bond acceptors (Lipinski definition) is 4. The van der Waals surface area contributed by atoms with Gasteiger partial charge in [-0.25, -0.2) is 14.4 Å². The van der Waals surface area contributed by atoms with Crippen LogP contribution in [0, 0.1) is 5.82 Å². The van der Waals surface area contributed by atoms with Gasteiger partial charge in [-0.1, -0.05) is 24.3 Å². The van der Waals surface area contributed by atoms with Crippen LogP contribution in [0.3, 0.4) is 0 Å². The Labute approximate surface area is 139 Å². The van der Waals surface area contributed by atoms with Gasteiger partial charge in [0.25, 0.3) is 0 Å². The zero-order valence-electron chi connectivity index (χ0n) is 13.2. The maximum atomic E-state index is 12.9. The second kappa shape index (κ2) is 7.04. The molecule has 1 heterocycles. The SMILES string of the molecule is CN(CC(=O)NCc1ccc(F)cc1)c1ncnc2ccccc12. The maximum Gasteiger partial charge on any atom is 0.239 e. The van der Waals surface area contributed by atoms with Gasteiger partial charge in [0.2, 0.25) is 5.91 Å². The fourth-order valence-corrected chi connectivity index (χ4v) is 2.44. The van der Waals surface area contributed by atoms with E-state index in [1.165, 1.54) is 18.5 Å². The number of likely N-dealkylation sites (N-methyl/N-ethyl adjacent to an activating group) is 1. The van der Waals surface area contributed by atoms with Crippen molar-refractivity contribution in [1.29, 1.82) is 0 Å². The minimum atomic E-state index is -0.291. The maximum absolute atomic E-state index is 12.9. The van der Waals surface area contributed by atoms with Crippen molar-refractivity contribution in [1.82, 2.24) is 15.3 Å². The molecule has 0 unspecified atom stereocenters. The van der Waals surface area contributed by atoms with Gasteiger partial charge in [-0.3, -0.25) is 4.79 Å². The predicted molar refractivity (Wildman–Crippen MR) is 91.1 cm³/mol. The van der Waals surface area contributed by atoms with E-state index in [2.05, 4.69) is 15.3 Å². The summed E-state index contributed by atoms with van der Waals surface area (Å²) in [6.07, 6.45) is 1.49. The van der Waals surface area contributed by atoms with Gasteiger partial charge >= 0.3 is 0 Å². The largest absolute Gasteiger partial charge is 0.350 e. The summed E-state index contributed by atoms with van der Waals surface area (Å²) in [5.74, 6) is 0.280. The first kappa shape index (κ1) is 15.9. The van der Waals surface area contributed by atoms with E-state index in [1.807, 2.05) is 31.3 Å². The number of para-hydroxylation sites is 1. The summed E-state index contributed by atoms with van der Waals surface area (Å²) in [4.78, 5) is 22.4. The summed E-state index contributed by atoms with van der Waals surface area (Å²) in [5, 5.41) is 3.72. The van der Waals surface area contributed by atoms with Crippen molar-refractivity contribution in [3.63, 3.8) is 0 Å². The topological polar surface area (TPSA) is 58.1 Å². The normalized spacial score (nSPS) is 10.6. The summed E-state index contributed by atoms with van der Waals surface area (Å²) in [7, 11) is 1.81. The molecule has 0 radical (unpaired) electrons. The Morgan fingerprint density at radius 3 is 2.67 bits per heavy atom. The van der Waals surface area contributed by atoms with Crippen LogP contribution in [0.15, 0.2) is 54.9 Å². The summed E-state index contributed by atoms with van der Waals surface area (Å²) in [6, 6.07) is 13.7. The van der Waals surface area contributed by atoms with E-state index in [9.17, 15) is 9.18 Å². The summed E-state index contributed by atoms with van der Waals surface area (Å²) < 4.78 is 12.9. The smallest absolute Gasteiger partial charge is 0.239 e. The van der Waals surface area contributed by atoms with Gasteiger partial charge in [0.05, 0.1) is 12.1 Å². The van der Waals surface area contributed by atoms with Crippen LogP contribution in [-0.2, 0) is 11.3 Å². The van der Waals surface area contributed by atoms with E-state index in [0.29, 0.717) is 12.4 Å². The van der Waals surface area contributed by atoms with Crippen molar-refractivity contribution >= 4 is 22.6 Å². The average molecular weight is 324 g/mol. The Hall–Kier alpha value is -3.02. The number of benzene rings is 2. The third-order valence-electron chi connectivity index (χ3n) is 3.67. The van der Waals surface area contributed by atoms with Crippen LogP contribution in [0.1, 0.15) is 5.56 Å². The Morgan fingerprint density at radius 2 is 1.88 bits per heavy atom. The molecule has 0 saturated heterocycles. The predicted octanol–water partition coefficient (Wildman–Crippen LogP) is 2.52. The lowest BCUT2D eigenvalue weighted by atomic mass is 10.2. The number of nitrogens with zero attached hydrogens (tertiary/aromatic N) is 3. The third-order valence-corrected chi connectivity index (χ3v) is 3.67. The molecule has 1 N–H and O–H groups in total. The average Bonchev–Trinajstić information content (AvgIpc) is 2.60. The molecular formula is C18H17FN4O. The van der Waals surface area contributed by atoms with Crippen LogP contribution in [0.25, 0.3) is 10.9 Å². The highest BCUT2D eigenvalue weighted by atomic mass is 19.1. The number of carbonyl (C=O) groups is 1. The molecule has 3 aromatic rings. The molecule has 0 aliphatic heterocycles. The number of fused-ring (bicyclic) bond motifs is 1. The minimum Gasteiger partial charge on any atom is -0.350 e. The van der Waals surface area contributed by atoms with Gasteiger partial charge in [-0.05, 0) is 29.8 Å². The Bertz CT molecular complexity index is 846. The van der Waals surface area contributed by atoms with Crippen LogP contribution in [0.4, 0.5) is 10.2 Å². The number of hydrogen-bond donors (Lipinski definition) is 1. The van der Waals surface area contributed by atoms with Crippen molar-refractivity contribution in [3.8, 4) is 0 Å². The Morgan fingerprint density at radius 1 is 1.12 bits per heavy atom. The number of anilines is 1. The highest BCUT2D eigenvalue weighted by Gasteiger charge is 2.11. The summed E-state index contributed by atoms with van der Waals surface area (Å²) in [6.45, 7) is 0.527. The van der Waals surface area contributed by atoms with E-state index in [1.54, 1.807) is 17.0 Å². The second-order valence-corrected chi connectivity index (χ2v) is 5.47. The van der Waals surface area contributed by atoms with E-state index in [0.717, 1.165) is 16.5 Å². The monoisotopic (exact) mass is 324 g/mol. The number of amides is 1. The third kappa shape index (κ3) is 3.65. The number of aromatic nitrogens is 2. The molecule has 0 bridgehead atoms. The highest BCUT2D eigenvalue weighted by molar-refractivity contribution is 5.91. The van der Waals surface area contributed by atoms with Crippen LogP contribution in [-0.4, -0.2) is 29.5 Å². The molecule has 1 aromatic heterocycles. The van der Waals surface area contributed by atoms with Crippen molar-refractivity contribution < 1.29 is 9.18 Å². The fourth-order valence-electron chi connectivity index (χ4n) is 2.44. The first-order chi connectivity index (χ1) is 11.6. The van der Waals surface area contributed by atoms with E-state index < -0.39 is 0 Å². The van der Waals surface area contributed by atoms with Gasteiger partial charge in [-0.15, -0.1) is 0 Å². The summed E-state index contributed by atoms with van der Waals surface area (Å²) in [5.41, 5.74) is 1.68. The zero-order valence-corrected chi connectivity index (χ0v) is 13.2. The van der Waals surface area contributed by atoms with Crippen molar-refractivity contribution in [2.45, 2.75) is 6.54 Å². The molecule has 122 valence electrons. The lowest BCUT2D eigenvalue weighted by molar-refractivity contribution is -0.119. The van der Waals surface area contributed by atoms with E-state index in [4.69, 9.17) is 0 Å². The lowest BCUT2D eigenvalue weighted by Gasteiger charge is -2.19. The molecule has 0 fully saturated rings. The van der Waals surface area contributed by atoms with Crippen LogP contribution >= 0.6 is 0 Å². The molecule has 0 saturated carbocycles. The fraction of sp³-hybridized carbons (Fsp3) is 0.167. The van der Waals surface area contributed by atoms with Crippen LogP contribution in [0.2, 0.25) is 0 Å². The number of rotatable bonds is 5. The molecule has 3 rings (SSSR count). The van der Waals surface area contributed by atoms with Crippen molar-refractivity contribution in [2.75, 3.05) is 18.5 Å². The van der Waals surface area contributed by atoms with Gasteiger partial charge in [0.15, 0.2) is 0 Å². The van der Waals surface area contributed by atoms with E-state index >= 15 is 0 Å². The number of nitrogens with one attached hydrogen (secondary N) is 1. The van der Waals surface area contributed by atoms with Crippen molar-refractivity contribution in [3.05, 3.63) is 66.2 Å². The quantitative estimate of drug-likeness (QED) is 0.783. The van der Waals surface area contributed by atoms with E-state index in [-0.39, 0.29) is 18.3 Å². The van der Waals surface area contributed by atoms with Crippen LogP contribution in [0.5, 0.6) is 0 Å². The van der Waals surface area contributed by atoms with Gasteiger partial charge in [0.1, 0.15) is 18.0 Å². The van der Waals surface area contributed by atoms with Gasteiger partial charge in [-0.2, -0.15) is 0 Å². The number of halogens is 1. The first-order valence-electron chi connectivity index (χ1n) is 7.55. The Kier molecular flexibility index (Phi) is 4.65. The molecule has 2 aromatic carbocycles. The Balaban J connectivity index is 1.64. The first-order valence-corrected chi connectivity index (χ1v) is 7.55. The van der Waals surface area contributed by atoms with Crippen molar-refractivity contribution in [2.24, 2.45) is 0 Å². The molecule has 0 aliphatic carbocycles. The standard InChI is InChI=1S/C18H17FN4O/c1-23(18-15-4-2-3-5-16(15)21-12-22-18)11-17(24)20-10-13-6-8-14(19)9-7-13/h2-9,12H,10-11H2,1H3,(H,20,24). The molecular weight excluding hydrogens is 307 g/mol. The highest BCUT2D eigenvalue weighted by Crippen LogP contribution is 2.21. The second-order valence-electron chi connectivity index (χ2n) is 5.47. The summed E-state index contributed by atoms with van der Waals surface area (Å²) >= 11 is 0. The molecule has 6 heteroatoms. The molecule has 0 spiro atoms. The molecule has 24 heavy (non-hydrogen) atoms. The zero-order chi connectivity index (χ0) is 16.9.